The molecule has 0 radical (unpaired) electrons. The number of pyridine rings is 1. The summed E-state index contributed by atoms with van der Waals surface area (Å²) in [5.74, 6) is 1.78. The molecule has 86 valence electrons. The molecule has 3 nitrogen and oxygen atoms in total. The Labute approximate surface area is 104 Å². The topological polar surface area (TPSA) is 30.4 Å². The summed E-state index contributed by atoms with van der Waals surface area (Å²) in [6.07, 6.45) is 4.34. The molecule has 4 heteroatoms. The van der Waals surface area contributed by atoms with E-state index in [1.54, 1.807) is 6.26 Å². The molecule has 0 bridgehead atoms. The van der Waals surface area contributed by atoms with Gasteiger partial charge in [-0.25, -0.2) is 4.98 Å². The molecular formula is C13H11ClN2O. The van der Waals surface area contributed by atoms with Gasteiger partial charge in [-0.3, -0.25) is 0 Å². The van der Waals surface area contributed by atoms with Gasteiger partial charge in [-0.05, 0) is 30.7 Å². The van der Waals surface area contributed by atoms with Gasteiger partial charge in [0.15, 0.2) is 5.15 Å². The summed E-state index contributed by atoms with van der Waals surface area (Å²) < 4.78 is 7.34. The number of halogens is 1. The van der Waals surface area contributed by atoms with Crippen LogP contribution in [0.4, 0.5) is 0 Å². The predicted molar refractivity (Wildman–Crippen MR) is 66.5 cm³/mol. The zero-order valence-corrected chi connectivity index (χ0v) is 10.1. The highest BCUT2D eigenvalue weighted by Gasteiger charge is 2.10. The fraction of sp³-hybridized carbons (Fsp3) is 0.154. The SMILES string of the molecule is Cc1ccc2c(Cl)nc(Cc3ccco3)n2c1. The Kier molecular flexibility index (Phi) is 2.41. The number of furan rings is 1. The molecule has 0 aliphatic carbocycles. The van der Waals surface area contributed by atoms with Crippen LogP contribution in [0.15, 0.2) is 41.1 Å². The highest BCUT2D eigenvalue weighted by Crippen LogP contribution is 2.20. The monoisotopic (exact) mass is 246 g/mol. The van der Waals surface area contributed by atoms with E-state index >= 15 is 0 Å². The van der Waals surface area contributed by atoms with E-state index in [4.69, 9.17) is 16.0 Å². The van der Waals surface area contributed by atoms with Gasteiger partial charge in [-0.1, -0.05) is 17.7 Å². The lowest BCUT2D eigenvalue weighted by Gasteiger charge is -2.00. The Balaban J connectivity index is 2.13. The smallest absolute Gasteiger partial charge is 0.155 e. The maximum Gasteiger partial charge on any atom is 0.155 e. The maximum atomic E-state index is 6.11. The van der Waals surface area contributed by atoms with Crippen LogP contribution in [0.1, 0.15) is 17.1 Å². The first-order chi connectivity index (χ1) is 8.24. The molecule has 3 heterocycles. The third-order valence-corrected chi connectivity index (χ3v) is 3.00. The second-order valence-electron chi connectivity index (χ2n) is 4.04. The maximum absolute atomic E-state index is 6.11. The molecule has 0 atom stereocenters. The number of hydrogen-bond acceptors (Lipinski definition) is 2. The van der Waals surface area contributed by atoms with Crippen LogP contribution >= 0.6 is 11.6 Å². The highest BCUT2D eigenvalue weighted by molar-refractivity contribution is 6.32. The van der Waals surface area contributed by atoms with Crippen molar-refractivity contribution in [3.8, 4) is 0 Å². The van der Waals surface area contributed by atoms with Crippen molar-refractivity contribution < 1.29 is 4.42 Å². The van der Waals surface area contributed by atoms with Gasteiger partial charge in [0.05, 0.1) is 18.2 Å². The van der Waals surface area contributed by atoms with Gasteiger partial charge in [-0.15, -0.1) is 0 Å². The molecule has 0 amide bonds. The van der Waals surface area contributed by atoms with Crippen LogP contribution in [0.3, 0.4) is 0 Å². The van der Waals surface area contributed by atoms with Gasteiger partial charge in [-0.2, -0.15) is 0 Å². The Morgan fingerprint density at radius 2 is 2.24 bits per heavy atom. The van der Waals surface area contributed by atoms with E-state index in [1.165, 1.54) is 5.56 Å². The predicted octanol–water partition coefficient (Wildman–Crippen LogP) is 3.48. The summed E-state index contributed by atoms with van der Waals surface area (Å²) in [7, 11) is 0. The Bertz CT molecular complexity index is 655. The third-order valence-electron chi connectivity index (χ3n) is 2.73. The summed E-state index contributed by atoms with van der Waals surface area (Å²) in [6, 6.07) is 7.82. The molecular weight excluding hydrogens is 236 g/mol. The molecule has 0 aliphatic heterocycles. The molecule has 0 saturated carbocycles. The van der Waals surface area contributed by atoms with E-state index in [0.29, 0.717) is 11.6 Å². The molecule has 0 spiro atoms. The number of hydrogen-bond donors (Lipinski definition) is 0. The summed E-state index contributed by atoms with van der Waals surface area (Å²) in [6.45, 7) is 2.05. The molecule has 0 unspecified atom stereocenters. The normalized spacial score (nSPS) is 11.2. The minimum atomic E-state index is 0.534. The van der Waals surface area contributed by atoms with E-state index in [0.717, 1.165) is 17.1 Å². The molecule has 0 aromatic carbocycles. The molecule has 0 fully saturated rings. The number of aromatic nitrogens is 2. The second kappa shape index (κ2) is 3.93. The molecule has 0 N–H and O–H groups in total. The standard InChI is InChI=1S/C13H11ClN2O/c1-9-4-5-11-13(14)15-12(16(11)8-9)7-10-3-2-6-17-10/h2-6,8H,7H2,1H3. The van der Waals surface area contributed by atoms with Crippen LogP contribution in [0, 0.1) is 6.92 Å². The van der Waals surface area contributed by atoms with Crippen molar-refractivity contribution in [2.45, 2.75) is 13.3 Å². The van der Waals surface area contributed by atoms with E-state index in [-0.39, 0.29) is 0 Å². The minimum Gasteiger partial charge on any atom is -0.469 e. The van der Waals surface area contributed by atoms with Gasteiger partial charge in [0.1, 0.15) is 11.6 Å². The Morgan fingerprint density at radius 1 is 1.35 bits per heavy atom. The van der Waals surface area contributed by atoms with Crippen molar-refractivity contribution in [3.05, 3.63) is 59.0 Å². The van der Waals surface area contributed by atoms with Gasteiger partial charge >= 0.3 is 0 Å². The summed E-state index contributed by atoms with van der Waals surface area (Å²) in [5, 5.41) is 0.534. The lowest BCUT2D eigenvalue weighted by atomic mass is 10.3. The number of nitrogens with zero attached hydrogens (tertiary/aromatic N) is 2. The Hall–Kier alpha value is -1.74. The zero-order chi connectivity index (χ0) is 11.8. The quantitative estimate of drug-likeness (QED) is 0.693. The number of rotatable bonds is 2. The zero-order valence-electron chi connectivity index (χ0n) is 9.35. The molecule has 0 aliphatic rings. The van der Waals surface area contributed by atoms with Crippen LogP contribution in [0.2, 0.25) is 5.15 Å². The van der Waals surface area contributed by atoms with E-state index in [9.17, 15) is 0 Å². The lowest BCUT2D eigenvalue weighted by Crippen LogP contribution is -1.95. The van der Waals surface area contributed by atoms with Crippen molar-refractivity contribution in [2.24, 2.45) is 0 Å². The van der Waals surface area contributed by atoms with Crippen LogP contribution in [0.25, 0.3) is 5.52 Å². The fourth-order valence-corrected chi connectivity index (χ4v) is 2.16. The molecule has 3 aromatic heterocycles. The number of imidazole rings is 1. The minimum absolute atomic E-state index is 0.534. The summed E-state index contributed by atoms with van der Waals surface area (Å²) in [4.78, 5) is 4.37. The summed E-state index contributed by atoms with van der Waals surface area (Å²) in [5.41, 5.74) is 2.10. The molecule has 17 heavy (non-hydrogen) atoms. The highest BCUT2D eigenvalue weighted by atomic mass is 35.5. The average Bonchev–Trinajstić information content (AvgIpc) is 2.89. The van der Waals surface area contributed by atoms with Crippen molar-refractivity contribution >= 4 is 17.1 Å². The number of aryl methyl sites for hydroxylation is 1. The van der Waals surface area contributed by atoms with Crippen molar-refractivity contribution in [1.82, 2.24) is 9.38 Å². The fourth-order valence-electron chi connectivity index (χ4n) is 1.91. The van der Waals surface area contributed by atoms with Crippen LogP contribution < -0.4 is 0 Å². The van der Waals surface area contributed by atoms with E-state index in [2.05, 4.69) is 4.98 Å². The van der Waals surface area contributed by atoms with Crippen LogP contribution in [-0.4, -0.2) is 9.38 Å². The van der Waals surface area contributed by atoms with Gasteiger partial charge < -0.3 is 8.82 Å². The second-order valence-corrected chi connectivity index (χ2v) is 4.39. The first-order valence-corrected chi connectivity index (χ1v) is 5.77. The first kappa shape index (κ1) is 10.4. The number of fused-ring (bicyclic) bond motifs is 1. The summed E-state index contributed by atoms with van der Waals surface area (Å²) >= 11 is 6.11. The van der Waals surface area contributed by atoms with Crippen LogP contribution in [0.5, 0.6) is 0 Å². The molecule has 3 aromatic rings. The molecule has 0 saturated heterocycles. The van der Waals surface area contributed by atoms with Gasteiger partial charge in [0.25, 0.3) is 0 Å². The lowest BCUT2D eigenvalue weighted by molar-refractivity contribution is 0.516. The van der Waals surface area contributed by atoms with Gasteiger partial charge in [0, 0.05) is 6.20 Å². The first-order valence-electron chi connectivity index (χ1n) is 5.39. The Morgan fingerprint density at radius 3 is 3.00 bits per heavy atom. The molecule has 3 rings (SSSR count). The van der Waals surface area contributed by atoms with E-state index in [1.807, 2.05) is 41.8 Å². The van der Waals surface area contributed by atoms with Gasteiger partial charge in [0.2, 0.25) is 0 Å². The van der Waals surface area contributed by atoms with E-state index < -0.39 is 0 Å². The third kappa shape index (κ3) is 1.83. The average molecular weight is 247 g/mol. The van der Waals surface area contributed by atoms with Crippen LogP contribution in [-0.2, 0) is 6.42 Å². The van der Waals surface area contributed by atoms with Crippen molar-refractivity contribution in [3.63, 3.8) is 0 Å². The largest absolute Gasteiger partial charge is 0.469 e. The van der Waals surface area contributed by atoms with Crippen molar-refractivity contribution in [1.29, 1.82) is 0 Å². The van der Waals surface area contributed by atoms with Crippen molar-refractivity contribution in [2.75, 3.05) is 0 Å².